The third-order valence-corrected chi connectivity index (χ3v) is 4.77. The number of carbonyl (C=O) groups is 1. The number of carboxylic acid groups (broad SMARTS) is 1. The van der Waals surface area contributed by atoms with Crippen LogP contribution in [0.5, 0.6) is 0 Å². The van der Waals surface area contributed by atoms with Gasteiger partial charge in [0.05, 0.1) is 16.9 Å². The van der Waals surface area contributed by atoms with Crippen molar-refractivity contribution >= 4 is 17.3 Å². The molecule has 0 radical (unpaired) electrons. The Kier molecular flexibility index (Phi) is 3.76. The molecule has 0 aromatic heterocycles. The number of aromatic carboxylic acids is 1. The molecule has 0 bridgehead atoms. The fourth-order valence-electron chi connectivity index (χ4n) is 3.72. The molecule has 2 saturated heterocycles. The molecule has 1 aromatic rings. The van der Waals surface area contributed by atoms with Gasteiger partial charge in [-0.3, -0.25) is 4.90 Å². The highest BCUT2D eigenvalue weighted by molar-refractivity contribution is 5.98. The molecule has 0 amide bonds. The second-order valence-corrected chi connectivity index (χ2v) is 6.19. The van der Waals surface area contributed by atoms with Crippen LogP contribution in [0.3, 0.4) is 0 Å². The average molecular weight is 289 g/mol. The number of hydrogen-bond acceptors (Lipinski definition) is 4. The molecule has 5 heteroatoms. The maximum atomic E-state index is 11.5. The third kappa shape index (κ3) is 2.58. The monoisotopic (exact) mass is 289 g/mol. The summed E-state index contributed by atoms with van der Waals surface area (Å²) in [4.78, 5) is 16.3. The second kappa shape index (κ2) is 5.56. The highest BCUT2D eigenvalue weighted by Gasteiger charge is 2.35. The Labute approximate surface area is 125 Å². The molecule has 2 atom stereocenters. The molecule has 2 aliphatic heterocycles. The molecular weight excluding hydrogens is 266 g/mol. The molecule has 114 valence electrons. The third-order valence-electron chi connectivity index (χ3n) is 4.77. The molecule has 21 heavy (non-hydrogen) atoms. The summed E-state index contributed by atoms with van der Waals surface area (Å²) in [5, 5.41) is 9.45. The normalized spacial score (nSPS) is 26.4. The average Bonchev–Trinajstić information content (AvgIpc) is 2.46. The van der Waals surface area contributed by atoms with E-state index in [1.807, 2.05) is 0 Å². The molecular formula is C16H23N3O2. The van der Waals surface area contributed by atoms with Gasteiger partial charge in [-0.2, -0.15) is 0 Å². The lowest BCUT2D eigenvalue weighted by Crippen LogP contribution is -2.59. The van der Waals surface area contributed by atoms with E-state index in [2.05, 4.69) is 16.7 Å². The van der Waals surface area contributed by atoms with Crippen LogP contribution in [0.2, 0.25) is 0 Å². The van der Waals surface area contributed by atoms with E-state index in [9.17, 15) is 9.90 Å². The number of para-hydroxylation sites is 1. The number of hydrogen-bond donors (Lipinski definition) is 2. The van der Waals surface area contributed by atoms with Crippen LogP contribution in [0, 0.1) is 0 Å². The fourth-order valence-corrected chi connectivity index (χ4v) is 3.72. The van der Waals surface area contributed by atoms with Crippen LogP contribution < -0.4 is 10.6 Å². The molecule has 1 aromatic carbocycles. The number of anilines is 2. The van der Waals surface area contributed by atoms with Crippen LogP contribution in [0.25, 0.3) is 0 Å². The first-order chi connectivity index (χ1) is 10.1. The number of rotatable bonds is 2. The van der Waals surface area contributed by atoms with Gasteiger partial charge in [0.15, 0.2) is 0 Å². The highest BCUT2D eigenvalue weighted by Crippen LogP contribution is 2.34. The molecule has 2 fully saturated rings. The van der Waals surface area contributed by atoms with E-state index >= 15 is 0 Å². The Hall–Kier alpha value is -1.75. The zero-order chi connectivity index (χ0) is 15.0. The Balaban J connectivity index is 1.94. The number of piperazine rings is 1. The first-order valence-electron chi connectivity index (χ1n) is 7.70. The first kappa shape index (κ1) is 14.2. The van der Waals surface area contributed by atoms with Crippen molar-refractivity contribution in [1.82, 2.24) is 4.90 Å². The zero-order valence-electron chi connectivity index (χ0n) is 12.5. The van der Waals surface area contributed by atoms with Gasteiger partial charge in [0.1, 0.15) is 0 Å². The Bertz CT molecular complexity index is 546. The van der Waals surface area contributed by atoms with E-state index < -0.39 is 5.97 Å². The van der Waals surface area contributed by atoms with Crippen molar-refractivity contribution in [3.05, 3.63) is 23.8 Å². The number of fused-ring (bicyclic) bond motifs is 1. The van der Waals surface area contributed by atoms with E-state index in [4.69, 9.17) is 5.73 Å². The van der Waals surface area contributed by atoms with Crippen LogP contribution in [0.4, 0.5) is 11.4 Å². The summed E-state index contributed by atoms with van der Waals surface area (Å²) in [5.41, 5.74) is 7.67. The van der Waals surface area contributed by atoms with Gasteiger partial charge < -0.3 is 15.7 Å². The second-order valence-electron chi connectivity index (χ2n) is 6.19. The van der Waals surface area contributed by atoms with Gasteiger partial charge in [-0.15, -0.1) is 0 Å². The van der Waals surface area contributed by atoms with Gasteiger partial charge in [0.2, 0.25) is 0 Å². The van der Waals surface area contributed by atoms with Crippen molar-refractivity contribution in [3.8, 4) is 0 Å². The Morgan fingerprint density at radius 2 is 2.14 bits per heavy atom. The zero-order valence-corrected chi connectivity index (χ0v) is 12.5. The van der Waals surface area contributed by atoms with Gasteiger partial charge in [-0.05, 0) is 38.4 Å². The smallest absolute Gasteiger partial charge is 0.337 e. The molecule has 3 N–H and O–H groups in total. The number of carboxylic acids is 1. The van der Waals surface area contributed by atoms with E-state index in [1.165, 1.54) is 25.8 Å². The number of benzene rings is 1. The SMILES string of the molecule is CC1CN2CCCCC2CN1c1c(N)cccc1C(=O)O. The van der Waals surface area contributed by atoms with Crippen LogP contribution in [-0.2, 0) is 0 Å². The standard InChI is InChI=1S/C16H23N3O2/c1-11-9-18-8-3-2-5-12(18)10-19(11)15-13(16(20)21)6-4-7-14(15)17/h4,6-7,11-12H,2-3,5,8-10,17H2,1H3,(H,20,21). The number of nitrogens with two attached hydrogens (primary N) is 1. The van der Waals surface area contributed by atoms with Crippen molar-refractivity contribution in [2.24, 2.45) is 0 Å². The quantitative estimate of drug-likeness (QED) is 0.815. The lowest BCUT2D eigenvalue weighted by atomic mass is 9.95. The molecule has 2 heterocycles. The summed E-state index contributed by atoms with van der Waals surface area (Å²) >= 11 is 0. The highest BCUT2D eigenvalue weighted by atomic mass is 16.4. The predicted molar refractivity (Wildman–Crippen MR) is 83.8 cm³/mol. The van der Waals surface area contributed by atoms with Crippen molar-refractivity contribution in [3.63, 3.8) is 0 Å². The molecule has 2 unspecified atom stereocenters. The van der Waals surface area contributed by atoms with Crippen LogP contribution in [0.15, 0.2) is 18.2 Å². The van der Waals surface area contributed by atoms with Gasteiger partial charge in [0, 0.05) is 25.2 Å². The van der Waals surface area contributed by atoms with Crippen LogP contribution in [-0.4, -0.2) is 47.7 Å². The van der Waals surface area contributed by atoms with Gasteiger partial charge in [-0.25, -0.2) is 4.79 Å². The lowest BCUT2D eigenvalue weighted by Gasteiger charge is -2.49. The fraction of sp³-hybridized carbons (Fsp3) is 0.562. The molecule has 2 aliphatic rings. The maximum absolute atomic E-state index is 11.5. The summed E-state index contributed by atoms with van der Waals surface area (Å²) in [7, 11) is 0. The van der Waals surface area contributed by atoms with E-state index in [0.29, 0.717) is 23.0 Å². The van der Waals surface area contributed by atoms with Gasteiger partial charge >= 0.3 is 5.97 Å². The molecule has 3 rings (SSSR count). The van der Waals surface area contributed by atoms with Crippen LogP contribution in [0.1, 0.15) is 36.5 Å². The summed E-state index contributed by atoms with van der Waals surface area (Å²) in [6, 6.07) is 5.96. The maximum Gasteiger partial charge on any atom is 0.337 e. The summed E-state index contributed by atoms with van der Waals surface area (Å²) in [5.74, 6) is -0.907. The minimum absolute atomic E-state index is 0.280. The summed E-state index contributed by atoms with van der Waals surface area (Å²) in [6.45, 7) is 5.18. The molecule has 0 aliphatic carbocycles. The Morgan fingerprint density at radius 1 is 1.33 bits per heavy atom. The molecule has 0 spiro atoms. The molecule has 5 nitrogen and oxygen atoms in total. The summed E-state index contributed by atoms with van der Waals surface area (Å²) < 4.78 is 0. The predicted octanol–water partition coefficient (Wildman–Crippen LogP) is 2.03. The largest absolute Gasteiger partial charge is 0.478 e. The summed E-state index contributed by atoms with van der Waals surface area (Å²) in [6.07, 6.45) is 3.73. The van der Waals surface area contributed by atoms with Gasteiger partial charge in [0.25, 0.3) is 0 Å². The number of nitrogens with zero attached hydrogens (tertiary/aromatic N) is 2. The first-order valence-corrected chi connectivity index (χ1v) is 7.70. The minimum Gasteiger partial charge on any atom is -0.478 e. The lowest BCUT2D eigenvalue weighted by molar-refractivity contribution is 0.0696. The van der Waals surface area contributed by atoms with E-state index in [0.717, 1.165) is 13.1 Å². The minimum atomic E-state index is -0.907. The van der Waals surface area contributed by atoms with Gasteiger partial charge in [-0.1, -0.05) is 12.5 Å². The number of piperidine rings is 1. The van der Waals surface area contributed by atoms with E-state index in [1.54, 1.807) is 18.2 Å². The van der Waals surface area contributed by atoms with Crippen molar-refractivity contribution in [1.29, 1.82) is 0 Å². The van der Waals surface area contributed by atoms with Crippen molar-refractivity contribution < 1.29 is 9.90 Å². The molecule has 0 saturated carbocycles. The van der Waals surface area contributed by atoms with Crippen molar-refractivity contribution in [2.45, 2.75) is 38.3 Å². The topological polar surface area (TPSA) is 69.8 Å². The number of nitrogen functional groups attached to an aromatic ring is 1. The van der Waals surface area contributed by atoms with Crippen molar-refractivity contribution in [2.75, 3.05) is 30.3 Å². The van der Waals surface area contributed by atoms with E-state index in [-0.39, 0.29) is 6.04 Å². The Morgan fingerprint density at radius 3 is 2.90 bits per heavy atom. The van der Waals surface area contributed by atoms with Crippen LogP contribution >= 0.6 is 0 Å².